The molecule has 1 amide bonds. The highest BCUT2D eigenvalue weighted by Gasteiger charge is 2.12. The SMILES string of the molecule is COc1cc(N(C)CC(=O)N(C)C)nc(N)n1. The number of nitrogen functional groups attached to an aromatic ring is 1. The van der Waals surface area contributed by atoms with Crippen LogP contribution in [0.4, 0.5) is 11.8 Å². The number of hydrogen-bond donors (Lipinski definition) is 1. The third kappa shape index (κ3) is 3.47. The molecule has 7 heteroatoms. The summed E-state index contributed by atoms with van der Waals surface area (Å²) in [4.78, 5) is 22.6. The molecule has 0 saturated heterocycles. The molecule has 7 nitrogen and oxygen atoms in total. The van der Waals surface area contributed by atoms with Crippen LogP contribution < -0.4 is 15.4 Å². The summed E-state index contributed by atoms with van der Waals surface area (Å²) in [6.45, 7) is 0.215. The van der Waals surface area contributed by atoms with Gasteiger partial charge in [0.2, 0.25) is 17.7 Å². The number of ether oxygens (including phenoxy) is 1. The van der Waals surface area contributed by atoms with Crippen molar-refractivity contribution in [3.63, 3.8) is 0 Å². The second-order valence-electron chi connectivity index (χ2n) is 3.77. The van der Waals surface area contributed by atoms with Gasteiger partial charge in [-0.2, -0.15) is 9.97 Å². The molecular weight excluding hydrogens is 222 g/mol. The molecule has 17 heavy (non-hydrogen) atoms. The Kier molecular flexibility index (Phi) is 4.08. The first-order valence-electron chi connectivity index (χ1n) is 5.04. The molecule has 0 spiro atoms. The molecule has 1 rings (SSSR count). The van der Waals surface area contributed by atoms with E-state index in [2.05, 4.69) is 9.97 Å². The predicted molar refractivity (Wildman–Crippen MR) is 65.0 cm³/mol. The minimum absolute atomic E-state index is 0.0244. The summed E-state index contributed by atoms with van der Waals surface area (Å²) < 4.78 is 4.99. The topological polar surface area (TPSA) is 84.6 Å². The number of nitrogens with two attached hydrogens (primary N) is 1. The largest absolute Gasteiger partial charge is 0.481 e. The quantitative estimate of drug-likeness (QED) is 0.769. The Morgan fingerprint density at radius 1 is 1.41 bits per heavy atom. The fourth-order valence-electron chi connectivity index (χ4n) is 1.16. The maximum Gasteiger partial charge on any atom is 0.241 e. The Hall–Kier alpha value is -2.05. The van der Waals surface area contributed by atoms with Crippen LogP contribution in [-0.2, 0) is 4.79 Å². The highest BCUT2D eigenvalue weighted by Crippen LogP contribution is 2.16. The molecule has 0 radical (unpaired) electrons. The fraction of sp³-hybridized carbons (Fsp3) is 0.500. The van der Waals surface area contributed by atoms with E-state index in [4.69, 9.17) is 10.5 Å². The lowest BCUT2D eigenvalue weighted by atomic mass is 10.4. The molecule has 2 N–H and O–H groups in total. The summed E-state index contributed by atoms with van der Waals surface area (Å²) in [5.41, 5.74) is 5.54. The van der Waals surface area contributed by atoms with Gasteiger partial charge in [-0.1, -0.05) is 0 Å². The molecule has 0 bridgehead atoms. The van der Waals surface area contributed by atoms with E-state index >= 15 is 0 Å². The number of carbonyl (C=O) groups excluding carboxylic acids is 1. The lowest BCUT2D eigenvalue weighted by molar-refractivity contribution is -0.127. The number of hydrogen-bond acceptors (Lipinski definition) is 6. The van der Waals surface area contributed by atoms with Crippen LogP contribution >= 0.6 is 0 Å². The summed E-state index contributed by atoms with van der Waals surface area (Å²) in [6, 6.07) is 1.62. The van der Waals surface area contributed by atoms with Gasteiger partial charge in [0, 0.05) is 27.2 Å². The van der Waals surface area contributed by atoms with Gasteiger partial charge in [-0.05, 0) is 0 Å². The van der Waals surface area contributed by atoms with Crippen LogP contribution in [0.1, 0.15) is 0 Å². The number of anilines is 2. The first-order valence-corrected chi connectivity index (χ1v) is 5.04. The van der Waals surface area contributed by atoms with E-state index in [1.54, 1.807) is 32.1 Å². The molecule has 0 saturated carbocycles. The van der Waals surface area contributed by atoms with Crippen LogP contribution in [0.15, 0.2) is 6.07 Å². The van der Waals surface area contributed by atoms with Crippen molar-refractivity contribution >= 4 is 17.7 Å². The van der Waals surface area contributed by atoms with Gasteiger partial charge >= 0.3 is 0 Å². The maximum absolute atomic E-state index is 11.5. The van der Waals surface area contributed by atoms with E-state index in [-0.39, 0.29) is 18.4 Å². The van der Waals surface area contributed by atoms with Crippen molar-refractivity contribution in [3.05, 3.63) is 6.07 Å². The molecule has 1 aromatic rings. The van der Waals surface area contributed by atoms with Crippen LogP contribution in [0.2, 0.25) is 0 Å². The molecule has 0 fully saturated rings. The molecule has 0 aliphatic heterocycles. The minimum atomic E-state index is -0.0244. The predicted octanol–water partition coefficient (Wildman–Crippen LogP) is -0.408. The van der Waals surface area contributed by atoms with E-state index in [0.29, 0.717) is 11.7 Å². The van der Waals surface area contributed by atoms with Crippen molar-refractivity contribution in [2.75, 3.05) is 45.4 Å². The minimum Gasteiger partial charge on any atom is -0.481 e. The van der Waals surface area contributed by atoms with Gasteiger partial charge in [0.05, 0.1) is 13.7 Å². The first kappa shape index (κ1) is 13.0. The van der Waals surface area contributed by atoms with E-state index < -0.39 is 0 Å². The van der Waals surface area contributed by atoms with Gasteiger partial charge in [0.1, 0.15) is 5.82 Å². The lowest BCUT2D eigenvalue weighted by Crippen LogP contribution is -2.34. The Balaban J connectivity index is 2.84. The van der Waals surface area contributed by atoms with E-state index in [9.17, 15) is 4.79 Å². The second-order valence-corrected chi connectivity index (χ2v) is 3.77. The standard InChI is InChI=1S/C10H17N5O2/c1-14(2)9(16)6-15(3)7-5-8(17-4)13-10(11)12-7/h5H,6H2,1-4H3,(H2,11,12,13). The Bertz CT molecular complexity index is 408. The number of nitrogens with zero attached hydrogens (tertiary/aromatic N) is 4. The molecule has 0 atom stereocenters. The molecular formula is C10H17N5O2. The van der Waals surface area contributed by atoms with Crippen LogP contribution in [0.3, 0.4) is 0 Å². The third-order valence-corrected chi connectivity index (χ3v) is 2.18. The average Bonchev–Trinajstić information content (AvgIpc) is 2.27. The van der Waals surface area contributed by atoms with Crippen molar-refractivity contribution in [2.45, 2.75) is 0 Å². The van der Waals surface area contributed by atoms with Crippen LogP contribution in [0.5, 0.6) is 5.88 Å². The lowest BCUT2D eigenvalue weighted by Gasteiger charge is -2.20. The molecule has 0 aromatic carbocycles. The second kappa shape index (κ2) is 5.33. The summed E-state index contributed by atoms with van der Waals surface area (Å²) in [7, 11) is 6.65. The van der Waals surface area contributed by atoms with Crippen molar-refractivity contribution in [3.8, 4) is 5.88 Å². The number of amides is 1. The Labute approximate surface area is 100 Å². The molecule has 1 heterocycles. The van der Waals surface area contributed by atoms with E-state index in [0.717, 1.165) is 0 Å². The van der Waals surface area contributed by atoms with E-state index in [1.807, 2.05) is 0 Å². The first-order chi connectivity index (χ1) is 7.93. The molecule has 0 unspecified atom stereocenters. The Morgan fingerprint density at radius 2 is 2.06 bits per heavy atom. The number of methoxy groups -OCH3 is 1. The van der Waals surface area contributed by atoms with Gasteiger partial charge in [-0.3, -0.25) is 4.79 Å². The Morgan fingerprint density at radius 3 is 2.59 bits per heavy atom. The van der Waals surface area contributed by atoms with Gasteiger partial charge in [0.25, 0.3) is 0 Å². The van der Waals surface area contributed by atoms with Crippen molar-refractivity contribution in [1.29, 1.82) is 0 Å². The highest BCUT2D eigenvalue weighted by molar-refractivity contribution is 5.80. The molecule has 94 valence electrons. The number of likely N-dealkylation sites (N-methyl/N-ethyl adjacent to an activating group) is 2. The van der Waals surface area contributed by atoms with Gasteiger partial charge < -0.3 is 20.3 Å². The van der Waals surface area contributed by atoms with Crippen molar-refractivity contribution < 1.29 is 9.53 Å². The van der Waals surface area contributed by atoms with Crippen LogP contribution in [0, 0.1) is 0 Å². The zero-order valence-electron chi connectivity index (χ0n) is 10.5. The summed E-state index contributed by atoms with van der Waals surface area (Å²) in [6.07, 6.45) is 0. The molecule has 1 aromatic heterocycles. The zero-order chi connectivity index (χ0) is 13.0. The summed E-state index contributed by atoms with van der Waals surface area (Å²) in [5, 5.41) is 0. The molecule has 0 aliphatic rings. The smallest absolute Gasteiger partial charge is 0.241 e. The van der Waals surface area contributed by atoms with Gasteiger partial charge in [0.15, 0.2) is 0 Å². The summed E-state index contributed by atoms with van der Waals surface area (Å²) >= 11 is 0. The summed E-state index contributed by atoms with van der Waals surface area (Å²) in [5.74, 6) is 1.01. The highest BCUT2D eigenvalue weighted by atomic mass is 16.5. The molecule has 0 aliphatic carbocycles. The average molecular weight is 239 g/mol. The zero-order valence-corrected chi connectivity index (χ0v) is 10.5. The number of rotatable bonds is 4. The van der Waals surface area contributed by atoms with Crippen molar-refractivity contribution in [2.24, 2.45) is 0 Å². The van der Waals surface area contributed by atoms with E-state index in [1.165, 1.54) is 12.0 Å². The van der Waals surface area contributed by atoms with Crippen LogP contribution in [-0.4, -0.2) is 55.6 Å². The van der Waals surface area contributed by atoms with Gasteiger partial charge in [-0.25, -0.2) is 0 Å². The normalized spacial score (nSPS) is 9.88. The van der Waals surface area contributed by atoms with Gasteiger partial charge in [-0.15, -0.1) is 0 Å². The monoisotopic (exact) mass is 239 g/mol. The fourth-order valence-corrected chi connectivity index (χ4v) is 1.16. The van der Waals surface area contributed by atoms with Crippen molar-refractivity contribution in [1.82, 2.24) is 14.9 Å². The third-order valence-electron chi connectivity index (χ3n) is 2.18. The number of carbonyl (C=O) groups is 1. The maximum atomic E-state index is 11.5. The number of aromatic nitrogens is 2. The van der Waals surface area contributed by atoms with Crippen LogP contribution in [0.25, 0.3) is 0 Å².